The largest absolute Gasteiger partial charge is 0.494 e. The van der Waals surface area contributed by atoms with Crippen molar-refractivity contribution in [1.82, 2.24) is 0 Å². The third-order valence-corrected chi connectivity index (χ3v) is 13.8. The highest BCUT2D eigenvalue weighted by molar-refractivity contribution is 6.62. The molecule has 23 heteroatoms. The zero-order valence-electron chi connectivity index (χ0n) is 36.8. The second kappa shape index (κ2) is 16.2. The Balaban J connectivity index is 1.53. The summed E-state index contributed by atoms with van der Waals surface area (Å²) in [6.07, 6.45) is -10.3. The predicted molar refractivity (Wildman–Crippen MR) is 207 cm³/mol. The van der Waals surface area contributed by atoms with Gasteiger partial charge in [0, 0.05) is 11.8 Å². The van der Waals surface area contributed by atoms with E-state index in [1.54, 1.807) is 36.4 Å². The molecule has 2 saturated heterocycles. The van der Waals surface area contributed by atoms with Gasteiger partial charge in [0.2, 0.25) is 0 Å². The van der Waals surface area contributed by atoms with Gasteiger partial charge < -0.3 is 18.6 Å². The highest BCUT2D eigenvalue weighted by Gasteiger charge is 2.95. The lowest BCUT2D eigenvalue weighted by molar-refractivity contribution is -0.461. The van der Waals surface area contributed by atoms with Crippen LogP contribution in [0.25, 0.3) is 11.1 Å². The molecule has 0 spiro atoms. The van der Waals surface area contributed by atoms with Gasteiger partial charge in [-0.25, -0.2) is 0 Å². The quantitative estimate of drug-likeness (QED) is 0.0899. The molecule has 0 aromatic heterocycles. The Morgan fingerprint density at radius 3 is 1.09 bits per heavy atom. The van der Waals surface area contributed by atoms with E-state index in [-0.39, 0.29) is 12.8 Å². The van der Waals surface area contributed by atoms with Gasteiger partial charge in [-0.15, -0.1) is 0 Å². The Labute approximate surface area is 365 Å². The van der Waals surface area contributed by atoms with Gasteiger partial charge in [0.25, 0.3) is 0 Å². The summed E-state index contributed by atoms with van der Waals surface area (Å²) in [4.78, 5) is 0. The Bertz CT molecular complexity index is 1970. The lowest BCUT2D eigenvalue weighted by Gasteiger charge is -2.42. The van der Waals surface area contributed by atoms with Gasteiger partial charge in [0.05, 0.1) is 22.4 Å². The summed E-state index contributed by atoms with van der Waals surface area (Å²) in [6, 6.07) is 10.6. The van der Waals surface area contributed by atoms with Crippen molar-refractivity contribution >= 4 is 25.2 Å². The minimum atomic E-state index is -8.67. The average Bonchev–Trinajstić information content (AvgIpc) is 3.66. The summed E-state index contributed by atoms with van der Waals surface area (Å²) in [5, 5.41) is 0. The van der Waals surface area contributed by atoms with Crippen LogP contribution in [0.5, 0.6) is 0 Å². The van der Waals surface area contributed by atoms with Crippen LogP contribution in [0.3, 0.4) is 0 Å². The lowest BCUT2D eigenvalue weighted by atomic mass is 9.67. The highest BCUT2D eigenvalue weighted by atomic mass is 19.4. The summed E-state index contributed by atoms with van der Waals surface area (Å²) >= 11 is 0. The van der Waals surface area contributed by atoms with Crippen molar-refractivity contribution in [1.29, 1.82) is 0 Å². The van der Waals surface area contributed by atoms with Gasteiger partial charge in [-0.2, -0.15) is 74.6 Å². The van der Waals surface area contributed by atoms with E-state index in [4.69, 9.17) is 18.6 Å². The summed E-state index contributed by atoms with van der Waals surface area (Å²) in [5.74, 6) is -56.6. The molecule has 0 N–H and O–H groups in total. The molecule has 2 aromatic rings. The monoisotopic (exact) mass is 962 g/mol. The van der Waals surface area contributed by atoms with E-state index in [0.717, 1.165) is 0 Å². The number of alkyl halides is 17. The van der Waals surface area contributed by atoms with E-state index in [2.05, 4.69) is 0 Å². The molecule has 0 amide bonds. The van der Waals surface area contributed by atoms with Crippen molar-refractivity contribution in [2.24, 2.45) is 0 Å². The summed E-state index contributed by atoms with van der Waals surface area (Å²) in [5.41, 5.74) is -0.892. The second-order valence-corrected chi connectivity index (χ2v) is 19.2. The minimum absolute atomic E-state index is 0.235. The first kappa shape index (κ1) is 53.2. The normalized spacial score (nSPS) is 21.0. The number of rotatable bonds is 17. The number of benzene rings is 2. The number of halogens is 17. The van der Waals surface area contributed by atoms with Crippen molar-refractivity contribution in [2.45, 2.75) is 189 Å². The number of unbranched alkanes of at least 4 members (excludes halogenated alkanes) is 3. The summed E-state index contributed by atoms with van der Waals surface area (Å²) < 4.78 is 264. The van der Waals surface area contributed by atoms with E-state index >= 15 is 8.78 Å². The van der Waals surface area contributed by atoms with E-state index in [1.807, 2.05) is 62.3 Å². The molecule has 1 aliphatic carbocycles. The van der Waals surface area contributed by atoms with Crippen LogP contribution in [-0.4, -0.2) is 84.3 Å². The van der Waals surface area contributed by atoms with E-state index in [0.29, 0.717) is 52.4 Å². The zero-order chi connectivity index (χ0) is 49.8. The second-order valence-electron chi connectivity index (χ2n) is 19.2. The fourth-order valence-electron chi connectivity index (χ4n) is 8.25. The van der Waals surface area contributed by atoms with Crippen LogP contribution < -0.4 is 10.9 Å². The Morgan fingerprint density at radius 1 is 0.431 bits per heavy atom. The number of hydrogen-bond acceptors (Lipinski definition) is 4. The molecule has 65 heavy (non-hydrogen) atoms. The standard InChI is InChI=1S/C42H49B2F17O4/c1-10-11-12-19-34(20-13-14-21-35(45,46)36(47,48)37(49,50)38(51,52)39(53,54)40(55,56)41(57,58)42(59,60)61)28-22-24(43-62-30(2,3)31(4,5)63-43)15-17-26(28)27-18-16-25(23-29(27)34)44-64-32(6,7)33(8,9)65-44/h15-18,22-23H,10-14,19-21H2,1-9H3. The third-order valence-electron chi connectivity index (χ3n) is 13.8. The number of hydrogen-bond donors (Lipinski definition) is 0. The van der Waals surface area contributed by atoms with Crippen LogP contribution in [-0.2, 0) is 24.0 Å². The average molecular weight is 962 g/mol. The van der Waals surface area contributed by atoms with Crippen LogP contribution in [0.4, 0.5) is 74.6 Å². The SMILES string of the molecule is CCCCCC1(CCCCC(F)(F)C(F)(F)C(F)(F)C(F)(F)C(F)(F)C(F)(F)C(F)(F)C(F)(F)F)c2cc(B3OC(C)(C)C(C)(C)O3)ccc2-c2ccc(B3OC(C)(C)C(C)(C)O3)cc21. The molecule has 2 heterocycles. The van der Waals surface area contributed by atoms with Crippen molar-refractivity contribution in [3.8, 4) is 11.1 Å². The summed E-state index contributed by atoms with van der Waals surface area (Å²) in [7, 11) is -1.84. The Hall–Kier alpha value is -2.78. The maximum atomic E-state index is 15.2. The lowest BCUT2D eigenvalue weighted by Crippen LogP contribution is -2.74. The van der Waals surface area contributed by atoms with Crippen molar-refractivity contribution in [3.05, 3.63) is 47.5 Å². The van der Waals surface area contributed by atoms with Crippen LogP contribution in [0.1, 0.15) is 125 Å². The molecule has 2 aromatic carbocycles. The topological polar surface area (TPSA) is 36.9 Å². The van der Waals surface area contributed by atoms with Gasteiger partial charge in [0.1, 0.15) is 0 Å². The van der Waals surface area contributed by atoms with Gasteiger partial charge in [-0.1, -0.05) is 69.0 Å². The molecule has 0 unspecified atom stereocenters. The van der Waals surface area contributed by atoms with Crippen molar-refractivity contribution in [2.75, 3.05) is 0 Å². The molecule has 0 saturated carbocycles. The van der Waals surface area contributed by atoms with Crippen LogP contribution in [0, 0.1) is 0 Å². The van der Waals surface area contributed by atoms with Gasteiger partial charge in [0.15, 0.2) is 0 Å². The molecule has 2 fully saturated rings. The van der Waals surface area contributed by atoms with Gasteiger partial charge in [-0.3, -0.25) is 0 Å². The molecule has 0 radical (unpaired) electrons. The predicted octanol–water partition coefficient (Wildman–Crippen LogP) is 12.7. The zero-order valence-corrected chi connectivity index (χ0v) is 36.8. The molecule has 2 aliphatic heterocycles. The first-order chi connectivity index (χ1) is 29.1. The minimum Gasteiger partial charge on any atom is -0.399 e. The maximum absolute atomic E-state index is 15.2. The third kappa shape index (κ3) is 8.06. The van der Waals surface area contributed by atoms with E-state index in [9.17, 15) is 65.9 Å². The van der Waals surface area contributed by atoms with E-state index < -0.39 is 109 Å². The highest BCUT2D eigenvalue weighted by Crippen LogP contribution is 2.64. The molecule has 0 bridgehead atoms. The van der Waals surface area contributed by atoms with Crippen LogP contribution in [0.2, 0.25) is 0 Å². The first-order valence-electron chi connectivity index (χ1n) is 20.8. The molecular formula is C42H49B2F17O4. The molecule has 3 aliphatic rings. The smallest absolute Gasteiger partial charge is 0.399 e. The molecule has 5 rings (SSSR count). The maximum Gasteiger partial charge on any atom is 0.494 e. The van der Waals surface area contributed by atoms with Gasteiger partial charge >= 0.3 is 61.9 Å². The molecular weight excluding hydrogens is 913 g/mol. The van der Waals surface area contributed by atoms with Crippen molar-refractivity contribution in [3.63, 3.8) is 0 Å². The van der Waals surface area contributed by atoms with Crippen molar-refractivity contribution < 1.29 is 93.3 Å². The Morgan fingerprint density at radius 2 is 0.754 bits per heavy atom. The molecule has 366 valence electrons. The van der Waals surface area contributed by atoms with Crippen LogP contribution >= 0.6 is 0 Å². The number of fused-ring (bicyclic) bond motifs is 3. The van der Waals surface area contributed by atoms with E-state index in [1.165, 1.54) is 0 Å². The Kier molecular flexibility index (Phi) is 13.2. The summed E-state index contributed by atoms with van der Waals surface area (Å²) in [6.45, 7) is 16.4. The molecule has 4 nitrogen and oxygen atoms in total. The van der Waals surface area contributed by atoms with Gasteiger partial charge in [-0.05, 0) is 108 Å². The molecule has 0 atom stereocenters. The van der Waals surface area contributed by atoms with Crippen LogP contribution in [0.15, 0.2) is 36.4 Å². The fraction of sp³-hybridized carbons (Fsp3) is 0.714. The fourth-order valence-corrected chi connectivity index (χ4v) is 8.25. The first-order valence-corrected chi connectivity index (χ1v) is 20.8.